The van der Waals surface area contributed by atoms with Crippen molar-refractivity contribution in [2.24, 2.45) is 5.92 Å². The van der Waals surface area contributed by atoms with Crippen molar-refractivity contribution in [2.45, 2.75) is 276 Å². The Bertz CT molecular complexity index is 5550. The summed E-state index contributed by atoms with van der Waals surface area (Å²) in [6.45, 7) is 4.65. The Morgan fingerprint density at radius 2 is 0.791 bits per heavy atom. The summed E-state index contributed by atoms with van der Waals surface area (Å²) in [5, 5.41) is 34.9. The number of nitrogens with zero attached hydrogens (tertiary/aromatic N) is 1. The standard InChI is InChI=1S/C83H129N3O55S7/c1-43-36-44(2)75(46(4)45(43)3)142(95,96)85-53(54(89)38-50(76(90)86-27-17-14-18-28-86)37-48-23-25-49(26-24-48)47(5)84)39-52(88)21-16-15-20-51(87)22-19-29-123-30-31-124-32-33-125-34-35-126-58-55(40-127-143(97,98)99)131-80(70(119-10)61(58)115-6)135-65-63(117-8)72(121-12)82(138-68(65)77(91)92)134-60-57(42-129-145(103,104)105)132-83(74(141-148(112,113)114)67(60)139-146(106,107)108)136-66-64(118-9)71(120-11)81(137-69(66)78(93)94)133-59-56(41-128-144(100,101)102)130-79(122-13)73(62(59)116-7)140-147(109,110)111/h23-26,36,50,53,55-74,79-85H,14-22,27-35,37-42H2,1-13H3,(H,91,92)(H,93,94)(H,97,98,99)(H,100,101,102)(H,103,104,105)(H,106,107,108)(H,109,110,111)(H,112,113,114)/p-8/t50-,53-,55+,56+,57+,58+,59+,60+,61-,62-,63-,64-,65-,66-,67-,68-,69+,70+,71+,72+,73+,74+,79-,80+,81+,82+,83+/m0/s1. The summed E-state index contributed by atoms with van der Waals surface area (Å²) in [5.74, 6) is -7.13. The number of piperidine rings is 1. The van der Waals surface area contributed by atoms with E-state index in [2.05, 4.69) is 25.6 Å². The number of rotatable bonds is 64. The van der Waals surface area contributed by atoms with Gasteiger partial charge in [0.05, 0.1) is 82.3 Å². The molecule has 6 aliphatic heterocycles. The van der Waals surface area contributed by atoms with Gasteiger partial charge in [0.15, 0.2) is 49.4 Å². The summed E-state index contributed by atoms with van der Waals surface area (Å²) in [6.07, 6.45) is -56.1. The maximum atomic E-state index is 14.6. The van der Waals surface area contributed by atoms with Crippen LogP contribution in [0.5, 0.6) is 0 Å². The summed E-state index contributed by atoms with van der Waals surface area (Å²) >= 11 is 0. The Morgan fingerprint density at radius 1 is 0.412 bits per heavy atom. The van der Waals surface area contributed by atoms with Crippen LogP contribution in [0.1, 0.15) is 111 Å². The molecule has 848 valence electrons. The largest absolute Gasteiger partial charge is 0.726 e. The van der Waals surface area contributed by atoms with Crippen LogP contribution in [0.2, 0.25) is 0 Å². The van der Waals surface area contributed by atoms with Gasteiger partial charge in [0.2, 0.25) is 78.3 Å². The highest BCUT2D eigenvalue weighted by atomic mass is 32.3. The predicted molar refractivity (Wildman–Crippen MR) is 476 cm³/mol. The second kappa shape index (κ2) is 57.5. The molecule has 0 spiro atoms. The lowest BCUT2D eigenvalue weighted by atomic mass is 9.89. The molecular formula is C83H121N3O55S7-8. The van der Waals surface area contributed by atoms with Crippen LogP contribution in [-0.4, -0.2) is 428 Å². The van der Waals surface area contributed by atoms with Gasteiger partial charge in [-0.05, 0) is 113 Å². The zero-order valence-electron chi connectivity index (χ0n) is 82.2. The second-order valence-corrected chi connectivity index (χ2v) is 42.3. The quantitative estimate of drug-likeness (QED) is 0.0270. The molecule has 2 N–H and O–H groups in total. The van der Waals surface area contributed by atoms with E-state index in [9.17, 15) is 125 Å². The number of aliphatic carboxylic acids is 2. The molecular weight excluding hydrogens is 2140 g/mol. The fraction of sp³-hybridized carbons (Fsp3) is 0.771. The first-order chi connectivity index (χ1) is 69.3. The third-order valence-corrected chi connectivity index (χ3v) is 28.9. The molecule has 6 aliphatic rings. The molecule has 27 atom stereocenters. The topological polar surface area (TPSA) is 814 Å². The average molecular weight is 2270 g/mol. The van der Waals surface area contributed by atoms with Crippen molar-refractivity contribution in [1.29, 1.82) is 5.41 Å². The fourth-order valence-corrected chi connectivity index (χ4v) is 21.8. The SMILES string of the molecule is CO[C@H]1O[C@H](COS(=O)(=O)[O-])[C@@H](O[C@@H]2O[C@@H](C(=O)[O-])[C@@H](O[C@H]3O[C@H](COS(=O)(=O)[O-])[C@@H](O[C@@H]4O[C@H](C(=O)[O-])[C@@H](O[C@H]5O[C@H](COS(=O)(=O)[O-])[C@@H](OCCOCCOCCOCCCC(=O)CCCCC(=O)C[C@H](NS(=O)(=O)c6c(C)cc(C)c(C)c6C)C(=O)C[C@H](Cc6ccc(C(C)=N)cc6)C(=O)N6CCCCC6)[C@H](OC)[C@H]5OC)[C@H](OC)[C@H]4OC)[C@H](OS(=O)(=O)[O-])[C@H]3OS(=O)(=O)[O-])[C@H](OC)[C@H]2OC)[C@H](OC)[C@H]1OS(=O)(=O)[O-]. The number of unbranched alkanes of at least 4 members (excludes halogenated alkanes) is 1. The summed E-state index contributed by atoms with van der Waals surface area (Å²) < 4.78 is 399. The third-order valence-electron chi connectivity index (χ3n) is 24.5. The molecule has 2 aromatic rings. The molecule has 0 bridgehead atoms. The minimum atomic E-state index is -6.53. The van der Waals surface area contributed by atoms with Crippen molar-refractivity contribution in [3.63, 3.8) is 0 Å². The lowest BCUT2D eigenvalue weighted by molar-refractivity contribution is -0.401. The smallest absolute Gasteiger partial charge is 0.241 e. The van der Waals surface area contributed by atoms with Crippen LogP contribution in [0, 0.1) is 39.0 Å². The average Bonchev–Trinajstić information content (AvgIpc) is 0.750. The molecule has 2 aromatic carbocycles. The van der Waals surface area contributed by atoms with Gasteiger partial charge < -0.3 is 157 Å². The highest BCUT2D eigenvalue weighted by molar-refractivity contribution is 7.89. The number of aryl methyl sites for hydroxylation is 2. The van der Waals surface area contributed by atoms with Crippen molar-refractivity contribution >= 4 is 113 Å². The van der Waals surface area contributed by atoms with Crippen LogP contribution in [0.3, 0.4) is 0 Å². The van der Waals surface area contributed by atoms with E-state index in [4.69, 9.17) is 109 Å². The molecule has 0 radical (unpaired) electrons. The molecule has 6 saturated heterocycles. The van der Waals surface area contributed by atoms with E-state index in [0.717, 1.165) is 92.8 Å². The van der Waals surface area contributed by atoms with E-state index in [-0.39, 0.29) is 101 Å². The Balaban J connectivity index is 0.875. The van der Waals surface area contributed by atoms with Gasteiger partial charge in [-0.2, -0.15) is 0 Å². The Kier molecular flexibility index (Phi) is 49.3. The second-order valence-electron chi connectivity index (χ2n) is 34.5. The van der Waals surface area contributed by atoms with Crippen molar-refractivity contribution in [3.8, 4) is 0 Å². The zero-order chi connectivity index (χ0) is 110. The molecule has 0 saturated carbocycles. The monoisotopic (exact) mass is 2260 g/mol. The Morgan fingerprint density at radius 3 is 1.22 bits per heavy atom. The van der Waals surface area contributed by atoms with Gasteiger partial charge >= 0.3 is 0 Å². The summed E-state index contributed by atoms with van der Waals surface area (Å²) in [4.78, 5) is 84.2. The molecule has 6 fully saturated rings. The number of amides is 1. The van der Waals surface area contributed by atoms with Gasteiger partial charge in [0.1, 0.15) is 121 Å². The van der Waals surface area contributed by atoms with Crippen molar-refractivity contribution in [2.75, 3.05) is 136 Å². The number of ketones is 3. The highest BCUT2D eigenvalue weighted by Crippen LogP contribution is 2.42. The molecule has 58 nitrogen and oxygen atoms in total. The molecule has 8 rings (SSSR count). The van der Waals surface area contributed by atoms with Crippen molar-refractivity contribution < 1.29 is 250 Å². The number of nitrogens with one attached hydrogen (secondary N) is 2. The number of likely N-dealkylation sites (tertiary alicyclic amines) is 1. The lowest BCUT2D eigenvalue weighted by Gasteiger charge is -2.52. The molecule has 0 aromatic heterocycles. The lowest BCUT2D eigenvalue weighted by Crippen LogP contribution is -2.70. The van der Waals surface area contributed by atoms with Gasteiger partial charge in [-0.3, -0.25) is 44.3 Å². The third kappa shape index (κ3) is 37.8. The summed E-state index contributed by atoms with van der Waals surface area (Å²) in [7, 11) is -33.7. The number of hydrogen-bond acceptors (Lipinski definition) is 56. The first-order valence-corrected chi connectivity index (χ1v) is 55.0. The summed E-state index contributed by atoms with van der Waals surface area (Å²) in [5.41, 5.74) is 4.24. The van der Waals surface area contributed by atoms with Gasteiger partial charge in [0, 0.05) is 120 Å². The number of Topliss-reactive ketones (excluding diaryl/α,β-unsaturated/α-hetero) is 3. The number of carbonyl (C=O) groups is 6. The van der Waals surface area contributed by atoms with E-state index < -0.39 is 288 Å². The van der Waals surface area contributed by atoms with Gasteiger partial charge in [0.25, 0.3) is 0 Å². The first-order valence-electron chi connectivity index (χ1n) is 45.5. The minimum absolute atomic E-state index is 0.0176. The van der Waals surface area contributed by atoms with E-state index in [1.54, 1.807) is 62.9 Å². The Labute approximate surface area is 855 Å². The Hall–Kier alpha value is -6.18. The van der Waals surface area contributed by atoms with Gasteiger partial charge in [-0.15, -0.1) is 0 Å². The minimum Gasteiger partial charge on any atom is -0.726 e. The number of carboxylic acid groups (broad SMARTS) is 2. The van der Waals surface area contributed by atoms with Crippen LogP contribution in [0.15, 0.2) is 35.2 Å². The first kappa shape index (κ1) is 127. The number of ether oxygens (including phenoxy) is 21. The number of methoxy groups -OCH3 is 8. The normalized spacial score (nSPS) is 29.2. The molecule has 0 unspecified atom stereocenters. The summed E-state index contributed by atoms with van der Waals surface area (Å²) in [6, 6.07) is 7.27. The van der Waals surface area contributed by atoms with Crippen LogP contribution in [-0.2, 0) is 232 Å². The van der Waals surface area contributed by atoms with Crippen LogP contribution in [0.4, 0.5) is 0 Å². The van der Waals surface area contributed by atoms with Crippen molar-refractivity contribution in [1.82, 2.24) is 9.62 Å². The maximum Gasteiger partial charge on any atom is 0.241 e. The number of sulfonamides is 1. The molecule has 6 heterocycles. The van der Waals surface area contributed by atoms with Crippen LogP contribution < -0.4 is 14.9 Å². The van der Waals surface area contributed by atoms with E-state index in [0.29, 0.717) is 48.3 Å². The van der Waals surface area contributed by atoms with Gasteiger partial charge in [-0.1, -0.05) is 30.3 Å². The van der Waals surface area contributed by atoms with Crippen LogP contribution >= 0.6 is 0 Å². The fourth-order valence-electron chi connectivity index (χ4n) is 17.7. The highest BCUT2D eigenvalue weighted by Gasteiger charge is 2.61. The van der Waals surface area contributed by atoms with Gasteiger partial charge in [-0.25, -0.2) is 63.6 Å². The molecule has 0 aliphatic carbocycles. The zero-order valence-corrected chi connectivity index (χ0v) is 87.9. The number of benzene rings is 2. The maximum absolute atomic E-state index is 14.6. The van der Waals surface area contributed by atoms with Crippen LogP contribution in [0.25, 0.3) is 0 Å². The molecule has 1 amide bonds. The molecule has 65 heteroatoms. The number of carbonyl (C=O) groups excluding carboxylic acids is 6. The van der Waals surface area contributed by atoms with E-state index >= 15 is 0 Å². The number of carboxylic acids is 2. The van der Waals surface area contributed by atoms with E-state index in [1.165, 1.54) is 0 Å². The van der Waals surface area contributed by atoms with E-state index in [1.807, 2.05) is 6.92 Å². The number of hydrogen-bond donors (Lipinski definition) is 2. The predicted octanol–water partition coefficient (Wildman–Crippen LogP) is -5.53. The van der Waals surface area contributed by atoms with Crippen molar-refractivity contribution in [3.05, 3.63) is 63.7 Å². The molecule has 148 heavy (non-hydrogen) atoms.